The van der Waals surface area contributed by atoms with Gasteiger partial charge < -0.3 is 25.1 Å². The van der Waals surface area contributed by atoms with Gasteiger partial charge in [0.1, 0.15) is 0 Å². The quantitative estimate of drug-likeness (QED) is 0.481. The fraction of sp³-hybridized carbons (Fsp3) is 0.143. The van der Waals surface area contributed by atoms with Gasteiger partial charge in [-0.15, -0.1) is 0 Å². The van der Waals surface area contributed by atoms with E-state index in [1.54, 1.807) is 0 Å². The Hall–Kier alpha value is -1.78. The molecule has 1 aliphatic heterocycles. The Balaban J connectivity index is 2.73. The molecule has 0 unspecified atom stereocenters. The predicted octanol–water partition coefficient (Wildman–Crippen LogP) is -2.75. The van der Waals surface area contributed by atoms with Crippen LogP contribution in [0.1, 0.15) is 6.42 Å². The van der Waals surface area contributed by atoms with Crippen molar-refractivity contribution in [2.24, 2.45) is 0 Å². The highest BCUT2D eigenvalue weighted by Crippen LogP contribution is 2.05. The second-order valence-corrected chi connectivity index (χ2v) is 2.17. The number of carboxylic acids is 2. The summed E-state index contributed by atoms with van der Waals surface area (Å²) in [6.45, 7) is 0. The number of aliphatic carboxylic acids is 2. The Morgan fingerprint density at radius 1 is 1.17 bits per heavy atom. The zero-order valence-corrected chi connectivity index (χ0v) is 5.99. The van der Waals surface area contributed by atoms with Gasteiger partial charge in [0.2, 0.25) is 0 Å². The summed E-state index contributed by atoms with van der Waals surface area (Å²) in [6.07, 6.45) is 2.89. The minimum Gasteiger partial charge on any atom is -0.543 e. The lowest BCUT2D eigenvalue weighted by molar-refractivity contribution is -0.300. The van der Waals surface area contributed by atoms with Crippen LogP contribution in [0.25, 0.3) is 0 Å². The van der Waals surface area contributed by atoms with E-state index in [0.717, 1.165) is 0 Å². The molecule has 0 aromatic heterocycles. The first-order valence-electron chi connectivity index (χ1n) is 3.21. The Morgan fingerprint density at radius 2 is 1.58 bits per heavy atom. The average molecular weight is 167 g/mol. The van der Waals surface area contributed by atoms with Gasteiger partial charge in [-0.2, -0.15) is 0 Å². The van der Waals surface area contributed by atoms with Gasteiger partial charge in [0.05, 0.1) is 23.3 Å². The Labute approximate surface area is 68.0 Å². The first-order valence-corrected chi connectivity index (χ1v) is 3.21. The second-order valence-electron chi connectivity index (χ2n) is 2.17. The number of rotatable bonds is 2. The molecule has 12 heavy (non-hydrogen) atoms. The standard InChI is InChI=1S/C7H7NO4/c9-6(10)4-2-1-3-5(8-4)7(11)12/h2-3,8H,1H2,(H,9,10)(H,11,12)/p-2. The van der Waals surface area contributed by atoms with E-state index in [2.05, 4.69) is 5.32 Å². The number of carboxylic acid groups (broad SMARTS) is 2. The molecule has 1 aliphatic rings. The molecule has 0 aromatic rings. The van der Waals surface area contributed by atoms with Gasteiger partial charge in [-0.1, -0.05) is 12.2 Å². The SMILES string of the molecule is O=C([O-])C1=CCC=C(C(=O)[O-])N1. The largest absolute Gasteiger partial charge is 0.543 e. The van der Waals surface area contributed by atoms with Crippen molar-refractivity contribution >= 4 is 11.9 Å². The summed E-state index contributed by atoms with van der Waals surface area (Å²) in [5, 5.41) is 22.6. The second kappa shape index (κ2) is 3.08. The molecular weight excluding hydrogens is 162 g/mol. The van der Waals surface area contributed by atoms with E-state index in [1.165, 1.54) is 12.2 Å². The minimum atomic E-state index is -1.43. The number of carbonyl (C=O) groups excluding carboxylic acids is 2. The lowest BCUT2D eigenvalue weighted by Crippen LogP contribution is -2.39. The summed E-state index contributed by atoms with van der Waals surface area (Å²) >= 11 is 0. The molecule has 1 rings (SSSR count). The molecule has 0 radical (unpaired) electrons. The monoisotopic (exact) mass is 167 g/mol. The van der Waals surface area contributed by atoms with Crippen molar-refractivity contribution in [2.45, 2.75) is 6.42 Å². The van der Waals surface area contributed by atoms with Crippen LogP contribution in [0, 0.1) is 0 Å². The maximum Gasteiger partial charge on any atom is 0.0875 e. The van der Waals surface area contributed by atoms with E-state index in [0.29, 0.717) is 0 Å². The molecule has 0 aliphatic carbocycles. The summed E-state index contributed by atoms with van der Waals surface area (Å²) in [5.74, 6) is -2.86. The van der Waals surface area contributed by atoms with Gasteiger partial charge in [0.25, 0.3) is 0 Å². The zero-order chi connectivity index (χ0) is 9.14. The normalized spacial score (nSPS) is 15.7. The van der Waals surface area contributed by atoms with Crippen molar-refractivity contribution in [3.8, 4) is 0 Å². The van der Waals surface area contributed by atoms with Gasteiger partial charge in [-0.3, -0.25) is 0 Å². The van der Waals surface area contributed by atoms with Gasteiger partial charge in [-0.05, 0) is 6.42 Å². The molecule has 0 amide bonds. The fourth-order valence-corrected chi connectivity index (χ4v) is 0.811. The highest BCUT2D eigenvalue weighted by Gasteiger charge is 2.06. The van der Waals surface area contributed by atoms with Gasteiger partial charge in [0, 0.05) is 0 Å². The van der Waals surface area contributed by atoms with Crippen molar-refractivity contribution < 1.29 is 19.8 Å². The molecule has 1 N–H and O–H groups in total. The van der Waals surface area contributed by atoms with Gasteiger partial charge >= 0.3 is 0 Å². The summed E-state index contributed by atoms with van der Waals surface area (Å²) < 4.78 is 0. The fourth-order valence-electron chi connectivity index (χ4n) is 0.811. The van der Waals surface area contributed by atoms with E-state index in [9.17, 15) is 19.8 Å². The van der Waals surface area contributed by atoms with Crippen LogP contribution in [0.2, 0.25) is 0 Å². The van der Waals surface area contributed by atoms with Crippen LogP contribution in [-0.2, 0) is 9.59 Å². The first kappa shape index (κ1) is 8.32. The zero-order valence-electron chi connectivity index (χ0n) is 5.99. The summed E-state index contributed by atoms with van der Waals surface area (Å²) in [6, 6.07) is 0. The third kappa shape index (κ3) is 1.63. The lowest BCUT2D eigenvalue weighted by Gasteiger charge is -2.18. The van der Waals surface area contributed by atoms with Crippen LogP contribution in [0.3, 0.4) is 0 Å². The van der Waals surface area contributed by atoms with E-state index in [-0.39, 0.29) is 17.8 Å². The van der Waals surface area contributed by atoms with Crippen molar-refractivity contribution in [3.05, 3.63) is 23.5 Å². The number of allylic oxidation sites excluding steroid dienone is 2. The van der Waals surface area contributed by atoms with Crippen LogP contribution in [0.15, 0.2) is 23.5 Å². The molecule has 0 bridgehead atoms. The molecular formula is C7H5NO4-2. The molecule has 0 saturated carbocycles. The highest BCUT2D eigenvalue weighted by molar-refractivity contribution is 5.90. The van der Waals surface area contributed by atoms with Crippen molar-refractivity contribution in [1.29, 1.82) is 0 Å². The molecule has 64 valence electrons. The number of nitrogens with one attached hydrogen (secondary N) is 1. The van der Waals surface area contributed by atoms with Crippen molar-refractivity contribution in [1.82, 2.24) is 5.32 Å². The van der Waals surface area contributed by atoms with Crippen LogP contribution in [-0.4, -0.2) is 11.9 Å². The van der Waals surface area contributed by atoms with E-state index in [1.807, 2.05) is 0 Å². The molecule has 0 fully saturated rings. The third-order valence-electron chi connectivity index (χ3n) is 1.35. The molecule has 5 heteroatoms. The third-order valence-corrected chi connectivity index (χ3v) is 1.35. The maximum atomic E-state index is 10.2. The summed E-state index contributed by atoms with van der Waals surface area (Å²) in [7, 11) is 0. The molecule has 0 atom stereocenters. The molecule has 0 aromatic carbocycles. The summed E-state index contributed by atoms with van der Waals surface area (Å²) in [5.41, 5.74) is -0.478. The van der Waals surface area contributed by atoms with Crippen molar-refractivity contribution in [2.75, 3.05) is 0 Å². The van der Waals surface area contributed by atoms with Crippen molar-refractivity contribution in [3.63, 3.8) is 0 Å². The topological polar surface area (TPSA) is 92.3 Å². The molecule has 0 spiro atoms. The smallest absolute Gasteiger partial charge is 0.0875 e. The number of hydrogen-bond acceptors (Lipinski definition) is 5. The van der Waals surface area contributed by atoms with E-state index >= 15 is 0 Å². The maximum absolute atomic E-state index is 10.2. The van der Waals surface area contributed by atoms with Crippen LogP contribution < -0.4 is 15.5 Å². The number of dihydropyridines is 1. The molecule has 0 saturated heterocycles. The highest BCUT2D eigenvalue weighted by atomic mass is 16.4. The lowest BCUT2D eigenvalue weighted by atomic mass is 10.2. The molecule has 5 nitrogen and oxygen atoms in total. The average Bonchev–Trinajstić information content (AvgIpc) is 2.04. The van der Waals surface area contributed by atoms with Crippen LogP contribution in [0.4, 0.5) is 0 Å². The van der Waals surface area contributed by atoms with Gasteiger partial charge in [0.15, 0.2) is 0 Å². The number of hydrogen-bond donors (Lipinski definition) is 1. The molecule has 1 heterocycles. The first-order chi connectivity index (χ1) is 5.61. The van der Waals surface area contributed by atoms with Gasteiger partial charge in [-0.25, -0.2) is 0 Å². The predicted molar refractivity (Wildman–Crippen MR) is 33.9 cm³/mol. The van der Waals surface area contributed by atoms with Crippen LogP contribution >= 0.6 is 0 Å². The Morgan fingerprint density at radius 3 is 1.92 bits per heavy atom. The Bertz CT molecular complexity index is 262. The number of carbonyl (C=O) groups is 2. The summed E-state index contributed by atoms with van der Waals surface area (Å²) in [4.78, 5) is 20.5. The van der Waals surface area contributed by atoms with E-state index < -0.39 is 11.9 Å². The van der Waals surface area contributed by atoms with Crippen LogP contribution in [0.5, 0.6) is 0 Å². The van der Waals surface area contributed by atoms with E-state index in [4.69, 9.17) is 0 Å². The minimum absolute atomic E-state index is 0.239. The Kier molecular flexibility index (Phi) is 2.14.